The number of fused-ring (bicyclic) bond motifs is 1. The highest BCUT2D eigenvalue weighted by molar-refractivity contribution is 5.16. The lowest BCUT2D eigenvalue weighted by molar-refractivity contribution is -0.0304. The van der Waals surface area contributed by atoms with Gasteiger partial charge >= 0.3 is 0 Å². The molecule has 3 heterocycles. The SMILES string of the molecule is OC1(c2ccco2)CCN2CCCCC21. The van der Waals surface area contributed by atoms with Crippen molar-refractivity contribution in [3.8, 4) is 0 Å². The quantitative estimate of drug-likeness (QED) is 0.762. The summed E-state index contributed by atoms with van der Waals surface area (Å²) in [6, 6.07) is 4.04. The second-order valence-electron chi connectivity index (χ2n) is 4.70. The van der Waals surface area contributed by atoms with Crippen LogP contribution in [0.5, 0.6) is 0 Å². The van der Waals surface area contributed by atoms with Gasteiger partial charge in [-0.3, -0.25) is 4.90 Å². The number of piperidine rings is 1. The highest BCUT2D eigenvalue weighted by atomic mass is 16.4. The van der Waals surface area contributed by atoms with Gasteiger partial charge in [0.25, 0.3) is 0 Å². The van der Waals surface area contributed by atoms with Gasteiger partial charge in [-0.05, 0) is 37.9 Å². The normalized spacial score (nSPS) is 36.7. The van der Waals surface area contributed by atoms with Crippen molar-refractivity contribution < 1.29 is 9.52 Å². The highest BCUT2D eigenvalue weighted by Gasteiger charge is 2.49. The first-order valence-electron chi connectivity index (χ1n) is 5.81. The van der Waals surface area contributed by atoms with Gasteiger partial charge in [0.15, 0.2) is 0 Å². The maximum absolute atomic E-state index is 10.7. The lowest BCUT2D eigenvalue weighted by Gasteiger charge is -2.36. The summed E-state index contributed by atoms with van der Waals surface area (Å²) >= 11 is 0. The first kappa shape index (κ1) is 9.43. The molecular formula is C12H17NO2. The predicted octanol–water partition coefficient (Wildman–Crippen LogP) is 1.73. The first-order valence-corrected chi connectivity index (χ1v) is 5.81. The largest absolute Gasteiger partial charge is 0.466 e. The van der Waals surface area contributed by atoms with Gasteiger partial charge < -0.3 is 9.52 Å². The van der Waals surface area contributed by atoms with E-state index in [1.807, 2.05) is 12.1 Å². The smallest absolute Gasteiger partial charge is 0.139 e. The minimum Gasteiger partial charge on any atom is -0.466 e. The molecule has 0 amide bonds. The molecule has 82 valence electrons. The van der Waals surface area contributed by atoms with Crippen LogP contribution in [0.15, 0.2) is 22.8 Å². The summed E-state index contributed by atoms with van der Waals surface area (Å²) in [5, 5.41) is 10.7. The molecule has 2 unspecified atom stereocenters. The van der Waals surface area contributed by atoms with Crippen LogP contribution < -0.4 is 0 Å². The Morgan fingerprint density at radius 2 is 2.33 bits per heavy atom. The van der Waals surface area contributed by atoms with Crippen molar-refractivity contribution in [1.82, 2.24) is 4.90 Å². The molecule has 0 spiro atoms. The Morgan fingerprint density at radius 1 is 1.40 bits per heavy atom. The van der Waals surface area contributed by atoms with Crippen molar-refractivity contribution >= 4 is 0 Å². The molecule has 3 heteroatoms. The van der Waals surface area contributed by atoms with Crippen LogP contribution in [0.4, 0.5) is 0 Å². The van der Waals surface area contributed by atoms with Crippen molar-refractivity contribution in [3.63, 3.8) is 0 Å². The molecule has 0 saturated carbocycles. The van der Waals surface area contributed by atoms with E-state index < -0.39 is 5.60 Å². The summed E-state index contributed by atoms with van der Waals surface area (Å²) in [6.45, 7) is 2.13. The van der Waals surface area contributed by atoms with E-state index in [9.17, 15) is 5.11 Å². The monoisotopic (exact) mass is 207 g/mol. The summed E-state index contributed by atoms with van der Waals surface area (Å²) in [5.74, 6) is 0.747. The Bertz CT molecular complexity index is 335. The van der Waals surface area contributed by atoms with E-state index in [1.165, 1.54) is 12.8 Å². The van der Waals surface area contributed by atoms with Crippen LogP contribution in [0.1, 0.15) is 31.4 Å². The number of furan rings is 1. The molecule has 1 aromatic heterocycles. The van der Waals surface area contributed by atoms with E-state index in [2.05, 4.69) is 4.90 Å². The van der Waals surface area contributed by atoms with E-state index in [1.54, 1.807) is 6.26 Å². The molecule has 0 aromatic carbocycles. The molecule has 2 fully saturated rings. The Kier molecular flexibility index (Phi) is 2.11. The van der Waals surface area contributed by atoms with E-state index in [0.717, 1.165) is 31.7 Å². The van der Waals surface area contributed by atoms with Crippen LogP contribution in [-0.4, -0.2) is 29.1 Å². The number of nitrogens with zero attached hydrogens (tertiary/aromatic N) is 1. The third kappa shape index (κ3) is 1.34. The van der Waals surface area contributed by atoms with Gasteiger partial charge in [-0.1, -0.05) is 6.42 Å². The second kappa shape index (κ2) is 3.35. The topological polar surface area (TPSA) is 36.6 Å². The van der Waals surface area contributed by atoms with E-state index in [0.29, 0.717) is 0 Å². The van der Waals surface area contributed by atoms with Crippen LogP contribution >= 0.6 is 0 Å². The van der Waals surface area contributed by atoms with Gasteiger partial charge in [-0.2, -0.15) is 0 Å². The minimum absolute atomic E-state index is 0.275. The summed E-state index contributed by atoms with van der Waals surface area (Å²) in [4.78, 5) is 2.41. The summed E-state index contributed by atoms with van der Waals surface area (Å²) in [6.07, 6.45) is 6.05. The van der Waals surface area contributed by atoms with Gasteiger partial charge in [-0.15, -0.1) is 0 Å². The fraction of sp³-hybridized carbons (Fsp3) is 0.667. The maximum Gasteiger partial charge on any atom is 0.139 e. The van der Waals surface area contributed by atoms with E-state index in [4.69, 9.17) is 4.42 Å². The van der Waals surface area contributed by atoms with Crippen LogP contribution in [0.2, 0.25) is 0 Å². The number of rotatable bonds is 1. The van der Waals surface area contributed by atoms with E-state index in [-0.39, 0.29) is 6.04 Å². The summed E-state index contributed by atoms with van der Waals surface area (Å²) in [7, 11) is 0. The predicted molar refractivity (Wildman–Crippen MR) is 56.4 cm³/mol. The van der Waals surface area contributed by atoms with Crippen LogP contribution in [0, 0.1) is 0 Å². The molecule has 0 radical (unpaired) electrons. The molecule has 0 aliphatic carbocycles. The minimum atomic E-state index is -0.732. The molecular weight excluding hydrogens is 190 g/mol. The average Bonchev–Trinajstić information content (AvgIpc) is 2.88. The van der Waals surface area contributed by atoms with Crippen molar-refractivity contribution in [2.24, 2.45) is 0 Å². The Labute approximate surface area is 89.7 Å². The number of hydrogen-bond acceptors (Lipinski definition) is 3. The van der Waals surface area contributed by atoms with Gasteiger partial charge in [0, 0.05) is 12.6 Å². The maximum atomic E-state index is 10.7. The Balaban J connectivity index is 1.92. The van der Waals surface area contributed by atoms with Crippen molar-refractivity contribution in [3.05, 3.63) is 24.2 Å². The molecule has 2 aliphatic heterocycles. The fourth-order valence-corrected chi connectivity index (χ4v) is 3.09. The van der Waals surface area contributed by atoms with Gasteiger partial charge in [0.05, 0.1) is 6.26 Å². The zero-order valence-corrected chi connectivity index (χ0v) is 8.85. The van der Waals surface area contributed by atoms with Crippen molar-refractivity contribution in [1.29, 1.82) is 0 Å². The summed E-state index contributed by atoms with van der Waals surface area (Å²) in [5.41, 5.74) is -0.732. The van der Waals surface area contributed by atoms with Crippen LogP contribution in [-0.2, 0) is 5.60 Å². The molecule has 1 aromatic rings. The zero-order chi connectivity index (χ0) is 10.3. The molecule has 1 N–H and O–H groups in total. The van der Waals surface area contributed by atoms with Gasteiger partial charge in [-0.25, -0.2) is 0 Å². The zero-order valence-electron chi connectivity index (χ0n) is 8.85. The summed E-state index contributed by atoms with van der Waals surface area (Å²) < 4.78 is 5.39. The fourth-order valence-electron chi connectivity index (χ4n) is 3.09. The first-order chi connectivity index (χ1) is 7.31. The lowest BCUT2D eigenvalue weighted by Crippen LogP contribution is -2.44. The third-order valence-corrected chi connectivity index (χ3v) is 3.89. The van der Waals surface area contributed by atoms with Crippen molar-refractivity contribution in [2.75, 3.05) is 13.1 Å². The second-order valence-corrected chi connectivity index (χ2v) is 4.70. The number of aliphatic hydroxyl groups is 1. The van der Waals surface area contributed by atoms with Crippen LogP contribution in [0.25, 0.3) is 0 Å². The molecule has 15 heavy (non-hydrogen) atoms. The number of hydrogen-bond donors (Lipinski definition) is 1. The molecule has 2 atom stereocenters. The molecule has 2 aliphatic rings. The van der Waals surface area contributed by atoms with E-state index >= 15 is 0 Å². The Hall–Kier alpha value is -0.800. The van der Waals surface area contributed by atoms with Crippen molar-refractivity contribution in [2.45, 2.75) is 37.3 Å². The van der Waals surface area contributed by atoms with Gasteiger partial charge in [0.1, 0.15) is 11.4 Å². The molecule has 0 bridgehead atoms. The molecule has 3 nitrogen and oxygen atoms in total. The molecule has 2 saturated heterocycles. The lowest BCUT2D eigenvalue weighted by atomic mass is 9.87. The highest BCUT2D eigenvalue weighted by Crippen LogP contribution is 2.42. The van der Waals surface area contributed by atoms with Gasteiger partial charge in [0.2, 0.25) is 0 Å². The average molecular weight is 207 g/mol. The standard InChI is InChI=1S/C12H17NO2/c14-12(11-5-3-9-15-11)6-8-13-7-2-1-4-10(12)13/h3,5,9-10,14H,1-2,4,6-8H2. The molecule has 3 rings (SSSR count). The third-order valence-electron chi connectivity index (χ3n) is 3.89. The van der Waals surface area contributed by atoms with Crippen LogP contribution in [0.3, 0.4) is 0 Å². The Morgan fingerprint density at radius 3 is 3.13 bits per heavy atom.